The first-order valence-electron chi connectivity index (χ1n) is 11.9. The minimum atomic E-state index is -0.996. The third-order valence-corrected chi connectivity index (χ3v) is 5.81. The second-order valence-electron chi connectivity index (χ2n) is 10.7. The van der Waals surface area contributed by atoms with Crippen LogP contribution < -0.4 is 15.4 Å². The SMILES string of the molecule is COc1cc(NC(=O)CCCN(C(=O)O)C(C)(C)C)ccc1Nc1nc2cc(C(C)(C)C)ccc2o1. The zero-order chi connectivity index (χ0) is 26.7. The molecule has 0 aliphatic heterocycles. The van der Waals surface area contributed by atoms with Crippen LogP contribution in [0.3, 0.4) is 0 Å². The van der Waals surface area contributed by atoms with Crippen LogP contribution in [0.2, 0.25) is 0 Å². The third kappa shape index (κ3) is 6.68. The number of nitrogens with zero attached hydrogens (tertiary/aromatic N) is 2. The van der Waals surface area contributed by atoms with E-state index < -0.39 is 11.6 Å². The van der Waals surface area contributed by atoms with Crippen LogP contribution in [-0.2, 0) is 10.2 Å². The summed E-state index contributed by atoms with van der Waals surface area (Å²) in [5.74, 6) is 0.306. The minimum absolute atomic E-state index is 0.00640. The van der Waals surface area contributed by atoms with Gasteiger partial charge in [0.15, 0.2) is 5.58 Å². The van der Waals surface area contributed by atoms with Gasteiger partial charge < -0.3 is 29.8 Å². The van der Waals surface area contributed by atoms with E-state index in [0.717, 1.165) is 5.52 Å². The number of amides is 2. The molecule has 0 spiro atoms. The van der Waals surface area contributed by atoms with Gasteiger partial charge in [-0.2, -0.15) is 4.98 Å². The highest BCUT2D eigenvalue weighted by atomic mass is 16.5. The number of oxazole rings is 1. The van der Waals surface area contributed by atoms with E-state index in [1.165, 1.54) is 10.5 Å². The summed E-state index contributed by atoms with van der Waals surface area (Å²) in [6.07, 6.45) is -0.382. The Morgan fingerprint density at radius 2 is 1.81 bits per heavy atom. The fourth-order valence-corrected chi connectivity index (χ4v) is 3.77. The van der Waals surface area contributed by atoms with Gasteiger partial charge in [0.25, 0.3) is 6.01 Å². The van der Waals surface area contributed by atoms with Crippen molar-refractivity contribution in [3.05, 3.63) is 42.0 Å². The van der Waals surface area contributed by atoms with Crippen molar-refractivity contribution in [2.45, 2.75) is 65.3 Å². The number of benzene rings is 2. The molecular weight excluding hydrogens is 460 g/mol. The van der Waals surface area contributed by atoms with E-state index in [1.54, 1.807) is 25.3 Å². The molecule has 194 valence electrons. The Morgan fingerprint density at radius 3 is 2.42 bits per heavy atom. The van der Waals surface area contributed by atoms with Gasteiger partial charge in [-0.1, -0.05) is 26.8 Å². The first-order valence-corrected chi connectivity index (χ1v) is 11.9. The molecule has 0 atom stereocenters. The van der Waals surface area contributed by atoms with Gasteiger partial charge >= 0.3 is 6.09 Å². The topological polar surface area (TPSA) is 117 Å². The molecule has 0 radical (unpaired) electrons. The molecule has 3 N–H and O–H groups in total. The molecule has 0 unspecified atom stereocenters. The van der Waals surface area contributed by atoms with Gasteiger partial charge in [-0.05, 0) is 62.4 Å². The summed E-state index contributed by atoms with van der Waals surface area (Å²) in [5, 5.41) is 15.4. The van der Waals surface area contributed by atoms with Crippen LogP contribution in [0, 0.1) is 0 Å². The summed E-state index contributed by atoms with van der Waals surface area (Å²) in [4.78, 5) is 29.8. The van der Waals surface area contributed by atoms with Gasteiger partial charge in [0.2, 0.25) is 5.91 Å². The van der Waals surface area contributed by atoms with Gasteiger partial charge in [0.05, 0.1) is 12.8 Å². The number of nitrogens with one attached hydrogen (secondary N) is 2. The fourth-order valence-electron chi connectivity index (χ4n) is 3.77. The van der Waals surface area contributed by atoms with E-state index in [4.69, 9.17) is 9.15 Å². The van der Waals surface area contributed by atoms with Crippen molar-refractivity contribution in [1.82, 2.24) is 9.88 Å². The predicted octanol–water partition coefficient (Wildman–Crippen LogP) is 6.37. The maximum atomic E-state index is 12.4. The van der Waals surface area contributed by atoms with Crippen molar-refractivity contribution >= 4 is 40.5 Å². The summed E-state index contributed by atoms with van der Waals surface area (Å²) in [7, 11) is 1.54. The van der Waals surface area contributed by atoms with E-state index in [9.17, 15) is 14.7 Å². The van der Waals surface area contributed by atoms with Crippen molar-refractivity contribution < 1.29 is 23.8 Å². The molecule has 0 aliphatic carbocycles. The lowest BCUT2D eigenvalue weighted by atomic mass is 9.87. The number of fused-ring (bicyclic) bond motifs is 1. The van der Waals surface area contributed by atoms with Crippen LogP contribution in [0.1, 0.15) is 59.9 Å². The Morgan fingerprint density at radius 1 is 1.08 bits per heavy atom. The van der Waals surface area contributed by atoms with Crippen molar-refractivity contribution in [3.8, 4) is 5.75 Å². The van der Waals surface area contributed by atoms with E-state index in [-0.39, 0.29) is 24.3 Å². The standard InChI is InChI=1S/C27H36N4O5/c1-26(2,3)17-10-13-21-20(15-17)30-24(36-21)29-19-12-11-18(16-22(19)35-7)28-23(32)9-8-14-31(25(33)34)27(4,5)6/h10-13,15-16H,8-9,14H2,1-7H3,(H,28,32)(H,29,30)(H,33,34). The normalized spacial score (nSPS) is 11.9. The van der Waals surface area contributed by atoms with Crippen LogP contribution in [0.4, 0.5) is 22.2 Å². The number of anilines is 3. The second kappa shape index (κ2) is 10.5. The summed E-state index contributed by atoms with van der Waals surface area (Å²) in [5.41, 5.74) is 3.30. The van der Waals surface area contributed by atoms with Crippen molar-refractivity contribution in [3.63, 3.8) is 0 Å². The second-order valence-corrected chi connectivity index (χ2v) is 10.7. The Kier molecular flexibility index (Phi) is 7.81. The van der Waals surface area contributed by atoms with Crippen molar-refractivity contribution in [1.29, 1.82) is 0 Å². The molecule has 36 heavy (non-hydrogen) atoms. The van der Waals surface area contributed by atoms with Gasteiger partial charge in [-0.3, -0.25) is 4.79 Å². The smallest absolute Gasteiger partial charge is 0.407 e. The lowest BCUT2D eigenvalue weighted by molar-refractivity contribution is -0.116. The molecule has 1 heterocycles. The molecule has 0 saturated heterocycles. The van der Waals surface area contributed by atoms with Crippen LogP contribution >= 0.6 is 0 Å². The highest BCUT2D eigenvalue weighted by Gasteiger charge is 2.25. The third-order valence-electron chi connectivity index (χ3n) is 5.81. The molecule has 1 aromatic heterocycles. The molecule has 9 nitrogen and oxygen atoms in total. The molecule has 9 heteroatoms. The van der Waals surface area contributed by atoms with Crippen molar-refractivity contribution in [2.24, 2.45) is 0 Å². The van der Waals surface area contributed by atoms with E-state index in [1.807, 2.05) is 39.0 Å². The summed E-state index contributed by atoms with van der Waals surface area (Å²) < 4.78 is 11.3. The molecule has 2 aromatic carbocycles. The zero-order valence-electron chi connectivity index (χ0n) is 22.1. The summed E-state index contributed by atoms with van der Waals surface area (Å²) in [6.45, 7) is 12.2. The monoisotopic (exact) mass is 496 g/mol. The Labute approximate surface area is 211 Å². The number of hydrogen-bond donors (Lipinski definition) is 3. The van der Waals surface area contributed by atoms with E-state index in [0.29, 0.717) is 35.1 Å². The molecule has 0 saturated carbocycles. The first-order chi connectivity index (χ1) is 16.8. The zero-order valence-corrected chi connectivity index (χ0v) is 22.1. The number of carbonyl (C=O) groups is 2. The minimum Gasteiger partial charge on any atom is -0.494 e. The summed E-state index contributed by atoms with van der Waals surface area (Å²) in [6, 6.07) is 11.6. The quantitative estimate of drug-likeness (QED) is 0.331. The number of hydrogen-bond acceptors (Lipinski definition) is 6. The van der Waals surface area contributed by atoms with Crippen molar-refractivity contribution in [2.75, 3.05) is 24.3 Å². The highest BCUT2D eigenvalue weighted by Crippen LogP contribution is 2.33. The highest BCUT2D eigenvalue weighted by molar-refractivity contribution is 5.91. The average molecular weight is 497 g/mol. The van der Waals surface area contributed by atoms with Crippen LogP contribution in [0.5, 0.6) is 5.75 Å². The number of aromatic nitrogens is 1. The van der Waals surface area contributed by atoms with Gasteiger partial charge in [0.1, 0.15) is 11.3 Å². The van der Waals surface area contributed by atoms with Gasteiger partial charge in [0, 0.05) is 30.3 Å². The Balaban J connectivity index is 1.65. The molecule has 0 bridgehead atoms. The number of methoxy groups -OCH3 is 1. The van der Waals surface area contributed by atoms with Crippen LogP contribution in [0.15, 0.2) is 40.8 Å². The number of ether oxygens (including phenoxy) is 1. The molecule has 3 aromatic rings. The Bertz CT molecular complexity index is 1240. The van der Waals surface area contributed by atoms with Gasteiger partial charge in [-0.25, -0.2) is 4.79 Å². The van der Waals surface area contributed by atoms with Gasteiger partial charge in [-0.15, -0.1) is 0 Å². The first kappa shape index (κ1) is 26.8. The van der Waals surface area contributed by atoms with Crippen LogP contribution in [0.25, 0.3) is 11.1 Å². The Hall–Kier alpha value is -3.75. The lowest BCUT2D eigenvalue weighted by Crippen LogP contribution is -2.45. The van der Waals surface area contributed by atoms with Crippen LogP contribution in [-0.4, -0.2) is 46.2 Å². The largest absolute Gasteiger partial charge is 0.494 e. The molecule has 0 fully saturated rings. The summed E-state index contributed by atoms with van der Waals surface area (Å²) >= 11 is 0. The molecule has 2 amide bonds. The molecule has 0 aliphatic rings. The maximum absolute atomic E-state index is 12.4. The predicted molar refractivity (Wildman–Crippen MR) is 141 cm³/mol. The fraction of sp³-hybridized carbons (Fsp3) is 0.444. The molecular formula is C27H36N4O5. The lowest BCUT2D eigenvalue weighted by Gasteiger charge is -2.33. The number of rotatable bonds is 8. The maximum Gasteiger partial charge on any atom is 0.407 e. The number of carbonyl (C=O) groups excluding carboxylic acids is 1. The molecule has 3 rings (SSSR count). The van der Waals surface area contributed by atoms with E-state index >= 15 is 0 Å². The van der Waals surface area contributed by atoms with E-state index in [2.05, 4.69) is 36.4 Å². The number of carboxylic acid groups (broad SMARTS) is 1. The average Bonchev–Trinajstić information content (AvgIpc) is 3.17.